The van der Waals surface area contributed by atoms with Crippen molar-refractivity contribution in [2.75, 3.05) is 26.7 Å². The quantitative estimate of drug-likeness (QED) is 0.594. The number of amides is 2. The molecule has 0 aliphatic heterocycles. The Kier molecular flexibility index (Phi) is 7.99. The van der Waals surface area contributed by atoms with E-state index in [9.17, 15) is 9.59 Å². The van der Waals surface area contributed by atoms with Crippen molar-refractivity contribution in [3.8, 4) is 5.75 Å². The van der Waals surface area contributed by atoms with Crippen LogP contribution in [0.25, 0.3) is 0 Å². The number of hydrogen-bond donors (Lipinski definition) is 3. The lowest BCUT2D eigenvalue weighted by atomic mass is 10.0. The molecule has 0 spiro atoms. The molecule has 1 rings (SSSR count). The van der Waals surface area contributed by atoms with Gasteiger partial charge >= 0.3 is 0 Å². The predicted molar refractivity (Wildman–Crippen MR) is 85.7 cm³/mol. The fourth-order valence-corrected chi connectivity index (χ4v) is 2.12. The largest absolute Gasteiger partial charge is 0.494 e. The number of carbonyl (C=O) groups is 2. The van der Waals surface area contributed by atoms with Crippen LogP contribution < -0.4 is 20.7 Å². The maximum atomic E-state index is 12.0. The zero-order valence-corrected chi connectivity index (χ0v) is 13.4. The molecule has 0 heterocycles. The number of rotatable bonds is 9. The maximum absolute atomic E-state index is 12.0. The van der Waals surface area contributed by atoms with Gasteiger partial charge in [-0.3, -0.25) is 9.59 Å². The van der Waals surface area contributed by atoms with E-state index in [0.29, 0.717) is 25.4 Å². The maximum Gasteiger partial charge on any atom is 0.222 e. The lowest BCUT2D eigenvalue weighted by Gasteiger charge is -2.21. The molecule has 6 nitrogen and oxygen atoms in total. The van der Waals surface area contributed by atoms with Gasteiger partial charge in [0.15, 0.2) is 0 Å². The molecule has 0 aliphatic carbocycles. The Bertz CT molecular complexity index is 491. The van der Waals surface area contributed by atoms with Crippen LogP contribution in [0.5, 0.6) is 5.75 Å². The standard InChI is InChI=1S/C16H25N3O3/c1-4-22-15-8-6-5-7-13(15)14(19-12(2)20)11-16(21)18-10-9-17-3/h5-8,14,17H,4,9-11H2,1-3H3,(H,18,21)(H,19,20). The number of benzene rings is 1. The van der Waals surface area contributed by atoms with Crippen LogP contribution in [0.4, 0.5) is 0 Å². The number of nitrogens with one attached hydrogen (secondary N) is 3. The Morgan fingerprint density at radius 3 is 2.59 bits per heavy atom. The van der Waals surface area contributed by atoms with Crippen molar-refractivity contribution >= 4 is 11.8 Å². The molecule has 0 aliphatic rings. The molecule has 1 aromatic rings. The third-order valence-electron chi connectivity index (χ3n) is 3.06. The fraction of sp³-hybridized carbons (Fsp3) is 0.500. The summed E-state index contributed by atoms with van der Waals surface area (Å²) in [6, 6.07) is 7.03. The summed E-state index contributed by atoms with van der Waals surface area (Å²) in [5, 5.41) is 8.60. The van der Waals surface area contributed by atoms with Gasteiger partial charge in [0.05, 0.1) is 19.1 Å². The van der Waals surface area contributed by atoms with E-state index in [2.05, 4.69) is 16.0 Å². The Morgan fingerprint density at radius 1 is 1.23 bits per heavy atom. The second-order valence-electron chi connectivity index (χ2n) is 4.88. The highest BCUT2D eigenvalue weighted by molar-refractivity contribution is 5.79. The second-order valence-corrected chi connectivity index (χ2v) is 4.88. The van der Waals surface area contributed by atoms with Gasteiger partial charge in [0.25, 0.3) is 0 Å². The number of carbonyl (C=O) groups excluding carboxylic acids is 2. The summed E-state index contributed by atoms with van der Waals surface area (Å²) < 4.78 is 5.59. The lowest BCUT2D eigenvalue weighted by Crippen LogP contribution is -2.35. The van der Waals surface area contributed by atoms with Gasteiger partial charge in [0.2, 0.25) is 11.8 Å². The third-order valence-corrected chi connectivity index (χ3v) is 3.06. The molecule has 1 unspecified atom stereocenters. The van der Waals surface area contributed by atoms with E-state index < -0.39 is 6.04 Å². The van der Waals surface area contributed by atoms with Gasteiger partial charge in [-0.1, -0.05) is 18.2 Å². The van der Waals surface area contributed by atoms with Gasteiger partial charge in [-0.25, -0.2) is 0 Å². The Labute approximate surface area is 131 Å². The van der Waals surface area contributed by atoms with E-state index >= 15 is 0 Å². The van der Waals surface area contributed by atoms with E-state index in [1.807, 2.05) is 38.2 Å². The number of ether oxygens (including phenoxy) is 1. The minimum Gasteiger partial charge on any atom is -0.494 e. The van der Waals surface area contributed by atoms with Crippen molar-refractivity contribution in [3.63, 3.8) is 0 Å². The Morgan fingerprint density at radius 2 is 1.95 bits per heavy atom. The van der Waals surface area contributed by atoms with E-state index in [-0.39, 0.29) is 18.2 Å². The van der Waals surface area contributed by atoms with Gasteiger partial charge < -0.3 is 20.7 Å². The third kappa shape index (κ3) is 6.13. The highest BCUT2D eigenvalue weighted by Crippen LogP contribution is 2.27. The van der Waals surface area contributed by atoms with Crippen LogP contribution >= 0.6 is 0 Å². The number of likely N-dealkylation sites (N-methyl/N-ethyl adjacent to an activating group) is 1. The summed E-state index contributed by atoms with van der Waals surface area (Å²) in [5.74, 6) is 0.395. The van der Waals surface area contributed by atoms with Crippen LogP contribution in [0.15, 0.2) is 24.3 Å². The summed E-state index contributed by atoms with van der Waals surface area (Å²) in [6.45, 7) is 5.11. The first-order valence-electron chi connectivity index (χ1n) is 7.48. The summed E-state index contributed by atoms with van der Waals surface area (Å²) in [6.07, 6.45) is 0.174. The minimum atomic E-state index is -0.408. The van der Waals surface area contributed by atoms with Crippen molar-refractivity contribution in [3.05, 3.63) is 29.8 Å². The van der Waals surface area contributed by atoms with Crippen LogP contribution in [-0.4, -0.2) is 38.6 Å². The van der Waals surface area contributed by atoms with Gasteiger partial charge in [0, 0.05) is 25.6 Å². The van der Waals surface area contributed by atoms with Gasteiger partial charge in [-0.2, -0.15) is 0 Å². The topological polar surface area (TPSA) is 79.5 Å². The van der Waals surface area contributed by atoms with Gasteiger partial charge in [0.1, 0.15) is 5.75 Å². The van der Waals surface area contributed by atoms with Crippen molar-refractivity contribution in [2.45, 2.75) is 26.3 Å². The molecule has 122 valence electrons. The molecule has 0 aromatic heterocycles. The molecule has 3 N–H and O–H groups in total. The van der Waals surface area contributed by atoms with E-state index in [0.717, 1.165) is 5.56 Å². The van der Waals surface area contributed by atoms with Crippen molar-refractivity contribution < 1.29 is 14.3 Å². The summed E-state index contributed by atoms with van der Waals surface area (Å²) >= 11 is 0. The van der Waals surface area contributed by atoms with Crippen LogP contribution in [0.2, 0.25) is 0 Å². The predicted octanol–water partition coefficient (Wildman–Crippen LogP) is 0.988. The Hall–Kier alpha value is -2.08. The van der Waals surface area contributed by atoms with Crippen LogP contribution in [0.1, 0.15) is 31.9 Å². The molecule has 0 saturated heterocycles. The fourth-order valence-electron chi connectivity index (χ4n) is 2.12. The molecule has 6 heteroatoms. The number of para-hydroxylation sites is 1. The van der Waals surface area contributed by atoms with E-state index in [1.54, 1.807) is 0 Å². The first kappa shape index (κ1) is 18.0. The SMILES string of the molecule is CCOc1ccccc1C(CC(=O)NCCNC)NC(C)=O. The van der Waals surface area contributed by atoms with Gasteiger partial charge in [-0.05, 0) is 20.0 Å². The van der Waals surface area contributed by atoms with Crippen molar-refractivity contribution in [1.82, 2.24) is 16.0 Å². The monoisotopic (exact) mass is 307 g/mol. The van der Waals surface area contributed by atoms with Crippen LogP contribution in [-0.2, 0) is 9.59 Å². The molecule has 0 fully saturated rings. The van der Waals surface area contributed by atoms with Crippen LogP contribution in [0.3, 0.4) is 0 Å². The smallest absolute Gasteiger partial charge is 0.222 e. The molecule has 1 atom stereocenters. The molecular weight excluding hydrogens is 282 g/mol. The van der Waals surface area contributed by atoms with Crippen molar-refractivity contribution in [2.24, 2.45) is 0 Å². The van der Waals surface area contributed by atoms with Crippen LogP contribution in [0, 0.1) is 0 Å². The average molecular weight is 307 g/mol. The first-order valence-corrected chi connectivity index (χ1v) is 7.48. The second kappa shape index (κ2) is 9.78. The average Bonchev–Trinajstić information content (AvgIpc) is 2.47. The summed E-state index contributed by atoms with van der Waals surface area (Å²) in [4.78, 5) is 23.5. The zero-order chi connectivity index (χ0) is 16.4. The summed E-state index contributed by atoms with van der Waals surface area (Å²) in [7, 11) is 1.82. The normalized spacial score (nSPS) is 11.6. The lowest BCUT2D eigenvalue weighted by molar-refractivity contribution is -0.122. The van der Waals surface area contributed by atoms with E-state index in [1.165, 1.54) is 6.92 Å². The van der Waals surface area contributed by atoms with E-state index in [4.69, 9.17) is 4.74 Å². The minimum absolute atomic E-state index is 0.111. The highest BCUT2D eigenvalue weighted by Gasteiger charge is 2.20. The molecule has 0 radical (unpaired) electrons. The van der Waals surface area contributed by atoms with Gasteiger partial charge in [-0.15, -0.1) is 0 Å². The molecule has 2 amide bonds. The zero-order valence-electron chi connectivity index (χ0n) is 13.4. The summed E-state index contributed by atoms with van der Waals surface area (Å²) in [5.41, 5.74) is 0.809. The molecule has 0 saturated carbocycles. The molecule has 0 bridgehead atoms. The molecule has 22 heavy (non-hydrogen) atoms. The molecule has 1 aromatic carbocycles. The number of hydrogen-bond acceptors (Lipinski definition) is 4. The molecular formula is C16H25N3O3. The Balaban J connectivity index is 2.84. The first-order chi connectivity index (χ1) is 10.6. The highest BCUT2D eigenvalue weighted by atomic mass is 16.5. The van der Waals surface area contributed by atoms with Crippen molar-refractivity contribution in [1.29, 1.82) is 0 Å².